The molecule has 5 nitrogen and oxygen atoms in total. The van der Waals surface area contributed by atoms with Crippen molar-refractivity contribution >= 4 is 5.97 Å². The fourth-order valence-corrected chi connectivity index (χ4v) is 2.56. The summed E-state index contributed by atoms with van der Waals surface area (Å²) in [5, 5.41) is 0. The van der Waals surface area contributed by atoms with Crippen molar-refractivity contribution in [3.8, 4) is 11.5 Å². The van der Waals surface area contributed by atoms with E-state index in [-0.39, 0.29) is 0 Å². The zero-order valence-electron chi connectivity index (χ0n) is 16.7. The van der Waals surface area contributed by atoms with Gasteiger partial charge < -0.3 is 18.9 Å². The number of carbonyl (C=O) groups excluding carboxylic acids is 1. The summed E-state index contributed by atoms with van der Waals surface area (Å²) in [6.45, 7) is 9.64. The van der Waals surface area contributed by atoms with Crippen molar-refractivity contribution in [1.29, 1.82) is 0 Å². The third kappa shape index (κ3) is 5.55. The van der Waals surface area contributed by atoms with Crippen LogP contribution in [0.25, 0.3) is 0 Å². The molecular formula is C22H28O5. The minimum Gasteiger partial charge on any atom is -0.457 e. The second kappa shape index (κ2) is 9.02. The summed E-state index contributed by atoms with van der Waals surface area (Å²) in [7, 11) is 0. The smallest absolute Gasteiger partial charge is 0.372 e. The van der Waals surface area contributed by atoms with Gasteiger partial charge in [0.05, 0.1) is 0 Å². The fraction of sp³-hybridized carbons (Fsp3) is 0.409. The van der Waals surface area contributed by atoms with E-state index in [1.54, 1.807) is 24.3 Å². The molecule has 0 aliphatic heterocycles. The third-order valence-corrected chi connectivity index (χ3v) is 3.58. The van der Waals surface area contributed by atoms with E-state index in [1.165, 1.54) is 0 Å². The molecule has 0 aliphatic rings. The van der Waals surface area contributed by atoms with Crippen LogP contribution in [-0.2, 0) is 24.8 Å². The number of rotatable bonds is 8. The lowest BCUT2D eigenvalue weighted by Gasteiger charge is -2.34. The Kier molecular flexibility index (Phi) is 6.99. The predicted molar refractivity (Wildman–Crippen MR) is 104 cm³/mol. The zero-order valence-corrected chi connectivity index (χ0v) is 16.7. The van der Waals surface area contributed by atoms with Crippen LogP contribution in [0.4, 0.5) is 0 Å². The first-order valence-corrected chi connectivity index (χ1v) is 9.15. The standard InChI is InChI=1S/C22H28O5/c1-6-24-22(25-7-2,20(23)27-21(3,4)5)17-13-15-19(16-14-17)26-18-11-9-8-10-12-18/h8-16H,6-7H2,1-5H3. The molecule has 0 fully saturated rings. The van der Waals surface area contributed by atoms with Crippen molar-refractivity contribution in [2.75, 3.05) is 13.2 Å². The molecule has 2 aromatic carbocycles. The van der Waals surface area contributed by atoms with Crippen LogP contribution in [0, 0.1) is 0 Å². The number of hydrogen-bond acceptors (Lipinski definition) is 5. The summed E-state index contributed by atoms with van der Waals surface area (Å²) >= 11 is 0. The molecule has 0 spiro atoms. The van der Waals surface area contributed by atoms with Gasteiger partial charge in [0.15, 0.2) is 0 Å². The highest BCUT2D eigenvalue weighted by molar-refractivity contribution is 5.80. The van der Waals surface area contributed by atoms with E-state index in [1.807, 2.05) is 65.0 Å². The summed E-state index contributed by atoms with van der Waals surface area (Å²) in [5.74, 6) is -0.799. The quantitative estimate of drug-likeness (QED) is 0.480. The highest BCUT2D eigenvalue weighted by atomic mass is 16.7. The van der Waals surface area contributed by atoms with Crippen molar-refractivity contribution in [1.82, 2.24) is 0 Å². The van der Waals surface area contributed by atoms with Gasteiger partial charge in [-0.15, -0.1) is 0 Å². The Bertz CT molecular complexity index is 711. The summed E-state index contributed by atoms with van der Waals surface area (Å²) in [4.78, 5) is 12.9. The predicted octanol–water partition coefficient (Wildman–Crippen LogP) is 5.05. The van der Waals surface area contributed by atoms with Crippen LogP contribution in [-0.4, -0.2) is 24.8 Å². The Morgan fingerprint density at radius 1 is 0.815 bits per heavy atom. The van der Waals surface area contributed by atoms with Crippen LogP contribution in [0.1, 0.15) is 40.2 Å². The maximum absolute atomic E-state index is 12.9. The summed E-state index contributed by atoms with van der Waals surface area (Å²) in [5.41, 5.74) is -0.103. The molecule has 146 valence electrons. The van der Waals surface area contributed by atoms with Crippen LogP contribution in [0.3, 0.4) is 0 Å². The van der Waals surface area contributed by atoms with E-state index >= 15 is 0 Å². The molecule has 0 saturated carbocycles. The lowest BCUT2D eigenvalue weighted by Crippen LogP contribution is -2.45. The first-order chi connectivity index (χ1) is 12.8. The van der Waals surface area contributed by atoms with Crippen molar-refractivity contribution in [2.45, 2.75) is 46.0 Å². The van der Waals surface area contributed by atoms with Gasteiger partial charge in [-0.25, -0.2) is 4.79 Å². The Labute approximate surface area is 161 Å². The van der Waals surface area contributed by atoms with Gasteiger partial charge in [-0.05, 0) is 71.0 Å². The van der Waals surface area contributed by atoms with Crippen LogP contribution in [0.5, 0.6) is 11.5 Å². The third-order valence-electron chi connectivity index (χ3n) is 3.58. The average Bonchev–Trinajstić information content (AvgIpc) is 2.61. The van der Waals surface area contributed by atoms with E-state index in [2.05, 4.69) is 0 Å². The van der Waals surface area contributed by atoms with E-state index in [4.69, 9.17) is 18.9 Å². The molecule has 0 amide bonds. The van der Waals surface area contributed by atoms with Gasteiger partial charge in [0.2, 0.25) is 0 Å². The lowest BCUT2D eigenvalue weighted by molar-refractivity contribution is -0.259. The van der Waals surface area contributed by atoms with E-state index < -0.39 is 17.4 Å². The van der Waals surface area contributed by atoms with Gasteiger partial charge in [0.1, 0.15) is 17.1 Å². The summed E-state index contributed by atoms with van der Waals surface area (Å²) in [6.07, 6.45) is 0. The van der Waals surface area contributed by atoms with Gasteiger partial charge >= 0.3 is 5.97 Å². The van der Waals surface area contributed by atoms with Crippen molar-refractivity contribution in [3.63, 3.8) is 0 Å². The lowest BCUT2D eigenvalue weighted by atomic mass is 10.0. The minimum absolute atomic E-state index is 0.293. The van der Waals surface area contributed by atoms with Gasteiger partial charge in [-0.1, -0.05) is 18.2 Å². The normalized spacial score (nSPS) is 11.9. The molecule has 0 bridgehead atoms. The van der Waals surface area contributed by atoms with Crippen LogP contribution >= 0.6 is 0 Å². The Hall–Kier alpha value is -2.37. The summed E-state index contributed by atoms with van der Waals surface area (Å²) < 4.78 is 22.9. The van der Waals surface area contributed by atoms with E-state index in [9.17, 15) is 4.79 Å². The molecular weight excluding hydrogens is 344 g/mol. The van der Waals surface area contributed by atoms with Crippen molar-refractivity contribution in [2.24, 2.45) is 0 Å². The second-order valence-corrected chi connectivity index (χ2v) is 6.92. The van der Waals surface area contributed by atoms with Crippen molar-refractivity contribution < 1.29 is 23.7 Å². The van der Waals surface area contributed by atoms with Crippen LogP contribution < -0.4 is 4.74 Å². The maximum Gasteiger partial charge on any atom is 0.372 e. The Morgan fingerprint density at radius 3 is 1.81 bits per heavy atom. The van der Waals surface area contributed by atoms with Gasteiger partial charge in [0.25, 0.3) is 5.79 Å². The first kappa shape index (κ1) is 20.9. The van der Waals surface area contributed by atoms with Crippen LogP contribution in [0.15, 0.2) is 54.6 Å². The SMILES string of the molecule is CCOC(OCC)(C(=O)OC(C)(C)C)c1ccc(Oc2ccccc2)cc1. The molecule has 0 radical (unpaired) electrons. The number of benzene rings is 2. The minimum atomic E-state index is -1.61. The highest BCUT2D eigenvalue weighted by Gasteiger charge is 2.46. The molecule has 0 saturated heterocycles. The monoisotopic (exact) mass is 372 g/mol. The molecule has 2 aromatic rings. The molecule has 0 heterocycles. The molecule has 0 aliphatic carbocycles. The van der Waals surface area contributed by atoms with E-state index in [0.717, 1.165) is 5.75 Å². The second-order valence-electron chi connectivity index (χ2n) is 6.92. The van der Waals surface area contributed by atoms with Crippen molar-refractivity contribution in [3.05, 3.63) is 60.2 Å². The largest absolute Gasteiger partial charge is 0.457 e. The molecule has 0 N–H and O–H groups in total. The number of carbonyl (C=O) groups is 1. The first-order valence-electron chi connectivity index (χ1n) is 9.15. The molecule has 0 unspecified atom stereocenters. The number of para-hydroxylation sites is 1. The number of hydrogen-bond donors (Lipinski definition) is 0. The molecule has 0 aromatic heterocycles. The number of ether oxygens (including phenoxy) is 4. The summed E-state index contributed by atoms with van der Waals surface area (Å²) in [6, 6.07) is 16.6. The molecule has 2 rings (SSSR count). The van der Waals surface area contributed by atoms with Gasteiger partial charge in [-0.3, -0.25) is 0 Å². The number of esters is 1. The Balaban J connectivity index is 2.32. The Morgan fingerprint density at radius 2 is 1.33 bits per heavy atom. The zero-order chi connectivity index (χ0) is 19.9. The topological polar surface area (TPSA) is 54.0 Å². The van der Waals surface area contributed by atoms with Crippen LogP contribution in [0.2, 0.25) is 0 Å². The molecule has 27 heavy (non-hydrogen) atoms. The molecule has 0 atom stereocenters. The fourth-order valence-electron chi connectivity index (χ4n) is 2.56. The van der Waals surface area contributed by atoms with Gasteiger partial charge in [0, 0.05) is 18.8 Å². The average molecular weight is 372 g/mol. The molecule has 5 heteroatoms. The maximum atomic E-state index is 12.9. The van der Waals surface area contributed by atoms with E-state index in [0.29, 0.717) is 24.5 Å². The highest BCUT2D eigenvalue weighted by Crippen LogP contribution is 2.33. The van der Waals surface area contributed by atoms with Gasteiger partial charge in [-0.2, -0.15) is 0 Å².